The largest absolute Gasteiger partial charge is 0.478 e. The first kappa shape index (κ1) is 18.1. The van der Waals surface area contributed by atoms with Gasteiger partial charge in [-0.05, 0) is 61.4 Å². The zero-order chi connectivity index (χ0) is 18.3. The maximum Gasteiger partial charge on any atom is 0.166 e. The van der Waals surface area contributed by atoms with Crippen LogP contribution in [0, 0.1) is 0 Å². The van der Waals surface area contributed by atoms with Crippen molar-refractivity contribution in [3.05, 3.63) is 84.9 Å². The molecule has 138 valence electrons. The highest BCUT2D eigenvalue weighted by Crippen LogP contribution is 2.31. The van der Waals surface area contributed by atoms with Gasteiger partial charge in [0, 0.05) is 13.1 Å². The minimum Gasteiger partial charge on any atom is -0.478 e. The number of hydrogen-bond acceptors (Lipinski definition) is 2. The molecule has 3 heteroatoms. The van der Waals surface area contributed by atoms with Crippen molar-refractivity contribution >= 4 is 10.9 Å². The second kappa shape index (κ2) is 9.12. The predicted molar refractivity (Wildman–Crippen MR) is 112 cm³/mol. The van der Waals surface area contributed by atoms with Crippen LogP contribution in [0.4, 0.5) is 0 Å². The van der Waals surface area contributed by atoms with Gasteiger partial charge in [0.2, 0.25) is 0 Å². The molecule has 4 rings (SSSR count). The number of likely N-dealkylation sites (tertiary alicyclic amines) is 1. The fourth-order valence-corrected chi connectivity index (χ4v) is 5.53. The van der Waals surface area contributed by atoms with Crippen LogP contribution < -0.4 is 4.74 Å². The Kier molecular flexibility index (Phi) is 6.13. The normalized spacial score (nSPS) is 15.0. The first-order valence-electron chi connectivity index (χ1n) is 9.70. The molecule has 1 heterocycles. The third-order valence-electron chi connectivity index (χ3n) is 4.88. The molecule has 0 atom stereocenters. The second-order valence-electron chi connectivity index (χ2n) is 6.86. The van der Waals surface area contributed by atoms with E-state index in [1.165, 1.54) is 33.9 Å². The van der Waals surface area contributed by atoms with Crippen molar-refractivity contribution in [1.82, 2.24) is 4.90 Å². The lowest BCUT2D eigenvalue weighted by molar-refractivity contribution is 0.106. The van der Waals surface area contributed by atoms with Gasteiger partial charge in [0.15, 0.2) is 14.7 Å². The van der Waals surface area contributed by atoms with Gasteiger partial charge < -0.3 is 4.74 Å². The standard InChI is InChI=1S/C24H26NOS/c1-4-10-22(11-5-1)27(23-12-6-2-7-13-23)24-16-14-21(15-17-24)26-20-25-18-8-3-9-19-25/h1-2,4-7,10-17H,3,8-9,18-20H2/q+1. The van der Waals surface area contributed by atoms with Crippen molar-refractivity contribution < 1.29 is 4.74 Å². The molecule has 1 saturated heterocycles. The van der Waals surface area contributed by atoms with Crippen molar-refractivity contribution in [2.24, 2.45) is 0 Å². The summed E-state index contributed by atoms with van der Waals surface area (Å²) in [5.74, 6) is 0.953. The molecule has 3 aromatic carbocycles. The Morgan fingerprint density at radius 3 is 1.70 bits per heavy atom. The van der Waals surface area contributed by atoms with Crippen molar-refractivity contribution in [3.8, 4) is 5.75 Å². The van der Waals surface area contributed by atoms with Crippen LogP contribution >= 0.6 is 0 Å². The van der Waals surface area contributed by atoms with Crippen LogP contribution in [-0.4, -0.2) is 24.7 Å². The molecule has 0 spiro atoms. The summed E-state index contributed by atoms with van der Waals surface area (Å²) in [6.07, 6.45) is 3.94. The maximum absolute atomic E-state index is 6.02. The van der Waals surface area contributed by atoms with Gasteiger partial charge in [-0.25, -0.2) is 0 Å². The average molecular weight is 377 g/mol. The van der Waals surface area contributed by atoms with Gasteiger partial charge in [-0.1, -0.05) is 42.8 Å². The Balaban J connectivity index is 1.52. The number of nitrogens with zero attached hydrogens (tertiary/aromatic N) is 1. The van der Waals surface area contributed by atoms with Crippen molar-refractivity contribution in [2.45, 2.75) is 33.9 Å². The van der Waals surface area contributed by atoms with Crippen LogP contribution in [0.15, 0.2) is 99.6 Å². The quantitative estimate of drug-likeness (QED) is 0.519. The molecule has 0 bridgehead atoms. The Labute approximate surface area is 165 Å². The summed E-state index contributed by atoms with van der Waals surface area (Å²) in [7, 11) is -0.0971. The lowest BCUT2D eigenvalue weighted by Gasteiger charge is -2.26. The van der Waals surface area contributed by atoms with E-state index in [9.17, 15) is 0 Å². The number of piperidine rings is 1. The molecule has 0 radical (unpaired) electrons. The highest BCUT2D eigenvalue weighted by Gasteiger charge is 2.28. The summed E-state index contributed by atoms with van der Waals surface area (Å²) in [6, 6.07) is 30.2. The second-order valence-corrected chi connectivity index (χ2v) is 8.88. The van der Waals surface area contributed by atoms with E-state index in [0.29, 0.717) is 6.73 Å². The Morgan fingerprint density at radius 2 is 1.15 bits per heavy atom. The summed E-state index contributed by atoms with van der Waals surface area (Å²) in [5, 5.41) is 0. The lowest BCUT2D eigenvalue weighted by Crippen LogP contribution is -2.33. The van der Waals surface area contributed by atoms with Crippen LogP contribution in [0.1, 0.15) is 19.3 Å². The first-order chi connectivity index (χ1) is 13.4. The maximum atomic E-state index is 6.02. The summed E-state index contributed by atoms with van der Waals surface area (Å²) in [6.45, 7) is 3.01. The molecule has 2 nitrogen and oxygen atoms in total. The zero-order valence-electron chi connectivity index (χ0n) is 15.6. The summed E-state index contributed by atoms with van der Waals surface area (Å²) >= 11 is 0. The molecule has 1 fully saturated rings. The van der Waals surface area contributed by atoms with Crippen LogP contribution in [0.2, 0.25) is 0 Å². The lowest BCUT2D eigenvalue weighted by atomic mass is 10.1. The molecule has 0 aliphatic carbocycles. The minimum absolute atomic E-state index is 0.0971. The summed E-state index contributed by atoms with van der Waals surface area (Å²) in [5.41, 5.74) is 0. The number of ether oxygens (including phenoxy) is 1. The van der Waals surface area contributed by atoms with Crippen molar-refractivity contribution in [1.29, 1.82) is 0 Å². The molecule has 0 unspecified atom stereocenters. The van der Waals surface area contributed by atoms with Crippen LogP contribution in [0.5, 0.6) is 5.75 Å². The van der Waals surface area contributed by atoms with E-state index in [2.05, 4.69) is 89.8 Å². The molecular formula is C24H26NOS+. The Morgan fingerprint density at radius 1 is 0.630 bits per heavy atom. The molecule has 1 aliphatic heterocycles. The number of rotatable bonds is 6. The summed E-state index contributed by atoms with van der Waals surface area (Å²) in [4.78, 5) is 6.39. The third-order valence-corrected chi connectivity index (χ3v) is 7.11. The topological polar surface area (TPSA) is 12.5 Å². The molecule has 0 saturated carbocycles. The fourth-order valence-electron chi connectivity index (χ4n) is 3.45. The molecule has 0 amide bonds. The van der Waals surface area contributed by atoms with Crippen LogP contribution in [0.25, 0.3) is 0 Å². The molecule has 3 aromatic rings. The van der Waals surface area contributed by atoms with E-state index in [1.807, 2.05) is 0 Å². The van der Waals surface area contributed by atoms with Crippen LogP contribution in [-0.2, 0) is 10.9 Å². The third kappa shape index (κ3) is 4.74. The van der Waals surface area contributed by atoms with E-state index >= 15 is 0 Å². The number of hydrogen-bond donors (Lipinski definition) is 0. The molecule has 0 aromatic heterocycles. The van der Waals surface area contributed by atoms with Gasteiger partial charge in [0.1, 0.15) is 12.5 Å². The van der Waals surface area contributed by atoms with Crippen molar-refractivity contribution in [3.63, 3.8) is 0 Å². The molecule has 1 aliphatic rings. The Bertz CT molecular complexity index is 775. The smallest absolute Gasteiger partial charge is 0.166 e. The van der Waals surface area contributed by atoms with Gasteiger partial charge >= 0.3 is 0 Å². The first-order valence-corrected chi connectivity index (χ1v) is 10.9. The van der Waals surface area contributed by atoms with Gasteiger partial charge in [0.25, 0.3) is 0 Å². The molecule has 0 N–H and O–H groups in total. The van der Waals surface area contributed by atoms with Gasteiger partial charge in [-0.15, -0.1) is 0 Å². The number of benzene rings is 3. The minimum atomic E-state index is -0.0971. The van der Waals surface area contributed by atoms with Gasteiger partial charge in [-0.3, -0.25) is 4.90 Å². The highest BCUT2D eigenvalue weighted by atomic mass is 32.2. The van der Waals surface area contributed by atoms with E-state index in [1.54, 1.807) is 0 Å². The SMILES string of the molecule is c1ccc([S+](c2ccccc2)c2ccc(OCN3CCCCC3)cc2)cc1. The van der Waals surface area contributed by atoms with Gasteiger partial charge in [0.05, 0.1) is 10.9 Å². The Hall–Kier alpha value is -2.23. The molecule has 27 heavy (non-hydrogen) atoms. The zero-order valence-corrected chi connectivity index (χ0v) is 16.4. The fraction of sp³-hybridized carbons (Fsp3) is 0.250. The van der Waals surface area contributed by atoms with Gasteiger partial charge in [-0.2, -0.15) is 0 Å². The van der Waals surface area contributed by atoms with Crippen molar-refractivity contribution in [2.75, 3.05) is 19.8 Å². The average Bonchev–Trinajstić information content (AvgIpc) is 2.76. The van der Waals surface area contributed by atoms with E-state index in [-0.39, 0.29) is 10.9 Å². The van der Waals surface area contributed by atoms with E-state index < -0.39 is 0 Å². The summed E-state index contributed by atoms with van der Waals surface area (Å²) < 4.78 is 6.02. The monoisotopic (exact) mass is 376 g/mol. The highest BCUT2D eigenvalue weighted by molar-refractivity contribution is 7.97. The van der Waals surface area contributed by atoms with E-state index in [4.69, 9.17) is 4.74 Å². The van der Waals surface area contributed by atoms with E-state index in [0.717, 1.165) is 18.8 Å². The van der Waals surface area contributed by atoms with Crippen LogP contribution in [0.3, 0.4) is 0 Å². The predicted octanol–water partition coefficient (Wildman–Crippen LogP) is 5.60. The molecular weight excluding hydrogens is 350 g/mol.